The van der Waals surface area contributed by atoms with Crippen molar-refractivity contribution in [3.8, 4) is 5.75 Å². The fraction of sp³-hybridized carbons (Fsp3) is 0.294. The predicted octanol–water partition coefficient (Wildman–Crippen LogP) is 4.43. The van der Waals surface area contributed by atoms with E-state index in [9.17, 15) is 0 Å². The van der Waals surface area contributed by atoms with Gasteiger partial charge in [0.2, 0.25) is 0 Å². The summed E-state index contributed by atoms with van der Waals surface area (Å²) in [4.78, 5) is 0. The van der Waals surface area contributed by atoms with Gasteiger partial charge in [0, 0.05) is 21.1 Å². The Bertz CT molecular complexity index is 687. The van der Waals surface area contributed by atoms with E-state index in [1.165, 1.54) is 20.3 Å². The fourth-order valence-corrected chi connectivity index (χ4v) is 3.82. The molecule has 110 valence electrons. The summed E-state index contributed by atoms with van der Waals surface area (Å²) < 4.78 is 7.00. The standard InChI is InChI=1S/C17H17ClINO/c1-10-3-2-4-14(16(10)19)15(20)9-12-8-13(18)7-11-5-6-21-17(11)12/h2-4,7-8,15H,5-6,9,20H2,1H3. The third kappa shape index (κ3) is 3.05. The van der Waals surface area contributed by atoms with Gasteiger partial charge in [-0.3, -0.25) is 0 Å². The summed E-state index contributed by atoms with van der Waals surface area (Å²) in [6.07, 6.45) is 1.67. The summed E-state index contributed by atoms with van der Waals surface area (Å²) in [6, 6.07) is 10.2. The van der Waals surface area contributed by atoms with Gasteiger partial charge in [0.25, 0.3) is 0 Å². The maximum atomic E-state index is 6.44. The summed E-state index contributed by atoms with van der Waals surface area (Å²) in [6.45, 7) is 2.85. The molecule has 1 unspecified atom stereocenters. The molecule has 1 aliphatic rings. The number of nitrogens with two attached hydrogens (primary N) is 1. The molecule has 0 amide bonds. The quantitative estimate of drug-likeness (QED) is 0.756. The van der Waals surface area contributed by atoms with Crippen LogP contribution in [0.25, 0.3) is 0 Å². The number of hydrogen-bond acceptors (Lipinski definition) is 2. The SMILES string of the molecule is Cc1cccc(C(N)Cc2cc(Cl)cc3c2OCC3)c1I. The highest BCUT2D eigenvalue weighted by molar-refractivity contribution is 14.1. The molecule has 0 radical (unpaired) electrons. The van der Waals surface area contributed by atoms with Gasteiger partial charge in [-0.2, -0.15) is 0 Å². The minimum atomic E-state index is -0.0523. The molecular weight excluding hydrogens is 397 g/mol. The first-order chi connectivity index (χ1) is 10.1. The number of fused-ring (bicyclic) bond motifs is 1. The van der Waals surface area contributed by atoms with Crippen LogP contribution in [0.1, 0.15) is 28.3 Å². The smallest absolute Gasteiger partial charge is 0.125 e. The lowest BCUT2D eigenvalue weighted by atomic mass is 9.96. The molecule has 3 rings (SSSR count). The first-order valence-electron chi connectivity index (χ1n) is 7.01. The molecular formula is C17H17ClINO. The van der Waals surface area contributed by atoms with E-state index in [2.05, 4.69) is 47.7 Å². The van der Waals surface area contributed by atoms with Crippen LogP contribution in [0.3, 0.4) is 0 Å². The van der Waals surface area contributed by atoms with E-state index in [1.54, 1.807) is 0 Å². The maximum Gasteiger partial charge on any atom is 0.125 e. The lowest BCUT2D eigenvalue weighted by molar-refractivity contribution is 0.352. The van der Waals surface area contributed by atoms with Gasteiger partial charge in [0.1, 0.15) is 5.75 Å². The van der Waals surface area contributed by atoms with Gasteiger partial charge >= 0.3 is 0 Å². The zero-order valence-electron chi connectivity index (χ0n) is 11.8. The molecule has 0 spiro atoms. The molecule has 2 N–H and O–H groups in total. The molecule has 0 bridgehead atoms. The number of hydrogen-bond donors (Lipinski definition) is 1. The van der Waals surface area contributed by atoms with Crippen molar-refractivity contribution in [2.24, 2.45) is 5.73 Å². The highest BCUT2D eigenvalue weighted by Crippen LogP contribution is 2.35. The lowest BCUT2D eigenvalue weighted by Gasteiger charge is -2.17. The van der Waals surface area contributed by atoms with Gasteiger partial charge in [0.05, 0.1) is 6.61 Å². The average Bonchev–Trinajstić information content (AvgIpc) is 2.90. The molecule has 1 heterocycles. The van der Waals surface area contributed by atoms with Crippen molar-refractivity contribution in [2.45, 2.75) is 25.8 Å². The number of ether oxygens (including phenoxy) is 1. The molecule has 0 aromatic heterocycles. The van der Waals surface area contributed by atoms with Gasteiger partial charge in [-0.05, 0) is 70.3 Å². The number of halogens is 2. The Balaban J connectivity index is 1.92. The van der Waals surface area contributed by atoms with E-state index < -0.39 is 0 Å². The molecule has 2 nitrogen and oxygen atoms in total. The van der Waals surface area contributed by atoms with Gasteiger partial charge in [-0.1, -0.05) is 29.8 Å². The monoisotopic (exact) mass is 413 g/mol. The molecule has 0 fully saturated rings. The molecule has 1 atom stereocenters. The highest BCUT2D eigenvalue weighted by Gasteiger charge is 2.20. The van der Waals surface area contributed by atoms with Crippen molar-refractivity contribution < 1.29 is 4.74 Å². The minimum absolute atomic E-state index is 0.0523. The maximum absolute atomic E-state index is 6.44. The van der Waals surface area contributed by atoms with E-state index in [-0.39, 0.29) is 6.04 Å². The van der Waals surface area contributed by atoms with E-state index >= 15 is 0 Å². The average molecular weight is 414 g/mol. The Kier molecular flexibility index (Phi) is 4.43. The second-order valence-electron chi connectivity index (χ2n) is 5.44. The molecule has 21 heavy (non-hydrogen) atoms. The summed E-state index contributed by atoms with van der Waals surface area (Å²) >= 11 is 8.59. The zero-order valence-corrected chi connectivity index (χ0v) is 14.7. The van der Waals surface area contributed by atoms with Crippen LogP contribution in [0.5, 0.6) is 5.75 Å². The van der Waals surface area contributed by atoms with E-state index in [1.807, 2.05) is 12.1 Å². The van der Waals surface area contributed by atoms with Crippen molar-refractivity contribution >= 4 is 34.2 Å². The van der Waals surface area contributed by atoms with Crippen molar-refractivity contribution in [3.05, 3.63) is 61.2 Å². The molecule has 1 aliphatic heterocycles. The first kappa shape index (κ1) is 15.1. The van der Waals surface area contributed by atoms with Crippen LogP contribution in [0.4, 0.5) is 0 Å². The van der Waals surface area contributed by atoms with Crippen molar-refractivity contribution in [3.63, 3.8) is 0 Å². The van der Waals surface area contributed by atoms with Gasteiger partial charge in [-0.25, -0.2) is 0 Å². The van der Waals surface area contributed by atoms with Gasteiger partial charge in [-0.15, -0.1) is 0 Å². The Labute approximate surface area is 143 Å². The highest BCUT2D eigenvalue weighted by atomic mass is 127. The Morgan fingerprint density at radius 2 is 2.19 bits per heavy atom. The van der Waals surface area contributed by atoms with Crippen LogP contribution < -0.4 is 10.5 Å². The topological polar surface area (TPSA) is 35.2 Å². The van der Waals surface area contributed by atoms with E-state index in [0.29, 0.717) is 0 Å². The summed E-state index contributed by atoms with van der Waals surface area (Å²) in [5, 5.41) is 0.764. The molecule has 2 aromatic carbocycles. The zero-order chi connectivity index (χ0) is 15.0. The number of aryl methyl sites for hydroxylation is 1. The van der Waals surface area contributed by atoms with Crippen molar-refractivity contribution in [1.82, 2.24) is 0 Å². The minimum Gasteiger partial charge on any atom is -0.493 e. The van der Waals surface area contributed by atoms with Gasteiger partial charge in [0.15, 0.2) is 0 Å². The molecule has 2 aromatic rings. The summed E-state index contributed by atoms with van der Waals surface area (Å²) in [5.74, 6) is 0.984. The summed E-state index contributed by atoms with van der Waals surface area (Å²) in [5.41, 5.74) is 11.2. The van der Waals surface area contributed by atoms with E-state index in [0.717, 1.165) is 35.8 Å². The van der Waals surface area contributed by atoms with Crippen LogP contribution in [0.15, 0.2) is 30.3 Å². The Hall–Kier alpha value is -0.780. The normalized spacial score (nSPS) is 14.7. The molecule has 4 heteroatoms. The van der Waals surface area contributed by atoms with Crippen LogP contribution in [-0.2, 0) is 12.8 Å². The molecule has 0 saturated carbocycles. The second-order valence-corrected chi connectivity index (χ2v) is 6.96. The summed E-state index contributed by atoms with van der Waals surface area (Å²) in [7, 11) is 0. The van der Waals surface area contributed by atoms with Crippen LogP contribution in [0.2, 0.25) is 5.02 Å². The number of rotatable bonds is 3. The van der Waals surface area contributed by atoms with Crippen molar-refractivity contribution in [1.29, 1.82) is 0 Å². The van der Waals surface area contributed by atoms with Crippen LogP contribution >= 0.6 is 34.2 Å². The fourth-order valence-electron chi connectivity index (χ4n) is 2.80. The first-order valence-corrected chi connectivity index (χ1v) is 8.46. The predicted molar refractivity (Wildman–Crippen MR) is 95.2 cm³/mol. The molecule has 0 saturated heterocycles. The molecule has 0 aliphatic carbocycles. The largest absolute Gasteiger partial charge is 0.493 e. The second kappa shape index (κ2) is 6.15. The third-order valence-corrected chi connectivity index (χ3v) is 5.58. The Morgan fingerprint density at radius 1 is 1.38 bits per heavy atom. The van der Waals surface area contributed by atoms with E-state index in [4.69, 9.17) is 22.1 Å². The van der Waals surface area contributed by atoms with Crippen LogP contribution in [0, 0.1) is 10.5 Å². The number of benzene rings is 2. The van der Waals surface area contributed by atoms with Gasteiger partial charge < -0.3 is 10.5 Å². The van der Waals surface area contributed by atoms with Crippen molar-refractivity contribution in [2.75, 3.05) is 6.61 Å². The third-order valence-electron chi connectivity index (χ3n) is 3.89. The van der Waals surface area contributed by atoms with Crippen LogP contribution in [-0.4, -0.2) is 6.61 Å². The lowest BCUT2D eigenvalue weighted by Crippen LogP contribution is -2.15. The Morgan fingerprint density at radius 3 is 3.00 bits per heavy atom.